The summed E-state index contributed by atoms with van der Waals surface area (Å²) < 4.78 is 5.09. The molecule has 0 aromatic rings. The fourth-order valence-electron chi connectivity index (χ4n) is 1.10. The molecule has 0 heterocycles. The number of unbranched alkanes of at least 4 members (excludes halogenated alkanes) is 5. The molecule has 1 nitrogen and oxygen atoms in total. The molecule has 0 fully saturated rings. The Labute approximate surface area is 101 Å². The Morgan fingerprint density at radius 3 is 2.07 bits per heavy atom. The molecule has 0 N–H and O–H groups in total. The molecule has 0 unspecified atom stereocenters. The molecule has 0 amide bonds. The van der Waals surface area contributed by atoms with E-state index in [2.05, 4.69) is 6.92 Å². The van der Waals surface area contributed by atoms with E-state index in [9.17, 15) is 0 Å². The van der Waals surface area contributed by atoms with Crippen molar-refractivity contribution in [2.45, 2.75) is 45.4 Å². The molecule has 0 spiro atoms. The summed E-state index contributed by atoms with van der Waals surface area (Å²) in [4.78, 5) is 0. The maximum absolute atomic E-state index is 5.57. The van der Waals surface area contributed by atoms with Crippen LogP contribution in [0.5, 0.6) is 0 Å². The van der Waals surface area contributed by atoms with Crippen LogP contribution in [-0.2, 0) is 4.74 Å². The Hall–Kier alpha value is 0.410. The summed E-state index contributed by atoms with van der Waals surface area (Å²) in [5, 5.41) is 0.0990. The number of halogens is 3. The Kier molecular flexibility index (Phi) is 10.2. The van der Waals surface area contributed by atoms with Crippen LogP contribution in [-0.4, -0.2) is 6.61 Å². The molecular formula is C10H17Cl3O. The van der Waals surface area contributed by atoms with Crippen LogP contribution in [0.3, 0.4) is 0 Å². The monoisotopic (exact) mass is 258 g/mol. The van der Waals surface area contributed by atoms with E-state index < -0.39 is 0 Å². The molecule has 0 rings (SSSR count). The highest BCUT2D eigenvalue weighted by Crippen LogP contribution is 2.19. The van der Waals surface area contributed by atoms with Gasteiger partial charge < -0.3 is 4.74 Å². The number of hydrogen-bond acceptors (Lipinski definition) is 1. The second-order valence-corrected chi connectivity index (χ2v) is 4.44. The molecule has 0 bridgehead atoms. The lowest BCUT2D eigenvalue weighted by Crippen LogP contribution is -1.91. The predicted octanol–water partition coefficient (Wildman–Crippen LogP) is 5.21. The van der Waals surface area contributed by atoms with E-state index in [-0.39, 0.29) is 9.71 Å². The van der Waals surface area contributed by atoms with Crippen LogP contribution in [0.2, 0.25) is 0 Å². The molecule has 4 heteroatoms. The molecule has 14 heavy (non-hydrogen) atoms. The van der Waals surface area contributed by atoms with Gasteiger partial charge in [-0.15, -0.1) is 0 Å². The smallest absolute Gasteiger partial charge is 0.217 e. The molecule has 84 valence electrons. The topological polar surface area (TPSA) is 9.23 Å². The summed E-state index contributed by atoms with van der Waals surface area (Å²) in [5.41, 5.74) is 0. The van der Waals surface area contributed by atoms with E-state index in [0.717, 1.165) is 6.42 Å². The van der Waals surface area contributed by atoms with E-state index in [0.29, 0.717) is 6.61 Å². The van der Waals surface area contributed by atoms with Crippen molar-refractivity contribution in [3.63, 3.8) is 0 Å². The molecule has 0 aliphatic carbocycles. The Balaban J connectivity index is 3.18. The normalized spacial score (nSPS) is 10.0. The van der Waals surface area contributed by atoms with E-state index in [1.54, 1.807) is 0 Å². The lowest BCUT2D eigenvalue weighted by molar-refractivity contribution is 0.228. The maximum Gasteiger partial charge on any atom is 0.217 e. The first-order valence-corrected chi connectivity index (χ1v) is 6.15. The van der Waals surface area contributed by atoms with Gasteiger partial charge in [-0.2, -0.15) is 0 Å². The van der Waals surface area contributed by atoms with E-state index in [1.807, 2.05) is 0 Å². The molecule has 0 aromatic carbocycles. The van der Waals surface area contributed by atoms with E-state index in [4.69, 9.17) is 39.5 Å². The summed E-state index contributed by atoms with van der Waals surface area (Å²) in [6, 6.07) is 0. The lowest BCUT2D eigenvalue weighted by Gasteiger charge is -2.04. The summed E-state index contributed by atoms with van der Waals surface area (Å²) in [6.45, 7) is 2.80. The van der Waals surface area contributed by atoms with Crippen molar-refractivity contribution in [3.8, 4) is 0 Å². The van der Waals surface area contributed by atoms with Crippen molar-refractivity contribution < 1.29 is 4.74 Å². The van der Waals surface area contributed by atoms with Gasteiger partial charge in [0.05, 0.1) is 6.61 Å². The average molecular weight is 260 g/mol. The highest BCUT2D eigenvalue weighted by Gasteiger charge is 1.98. The Bertz CT molecular complexity index is 165. The van der Waals surface area contributed by atoms with Gasteiger partial charge in [0, 0.05) is 0 Å². The van der Waals surface area contributed by atoms with Gasteiger partial charge in [-0.25, -0.2) is 0 Å². The van der Waals surface area contributed by atoms with Crippen LogP contribution >= 0.6 is 34.8 Å². The average Bonchev–Trinajstić information content (AvgIpc) is 2.16. The Morgan fingerprint density at radius 1 is 0.929 bits per heavy atom. The largest absolute Gasteiger partial charge is 0.481 e. The minimum absolute atomic E-state index is 0.00218. The standard InChI is InChI=1S/C10H17Cl3O/c1-2-3-4-5-6-7-8-14-10(13)9(11)12/h2-8H2,1H3. The summed E-state index contributed by atoms with van der Waals surface area (Å²) >= 11 is 16.4. The molecule has 0 radical (unpaired) electrons. The van der Waals surface area contributed by atoms with Gasteiger partial charge >= 0.3 is 0 Å². The van der Waals surface area contributed by atoms with Gasteiger partial charge in [0.2, 0.25) is 5.22 Å². The molecule has 0 atom stereocenters. The van der Waals surface area contributed by atoms with E-state index >= 15 is 0 Å². The first kappa shape index (κ1) is 14.4. The molecule has 0 aliphatic heterocycles. The Morgan fingerprint density at radius 2 is 1.50 bits per heavy atom. The fraction of sp³-hybridized carbons (Fsp3) is 0.800. The van der Waals surface area contributed by atoms with Crippen molar-refractivity contribution in [3.05, 3.63) is 9.71 Å². The number of hydrogen-bond donors (Lipinski definition) is 0. The molecular weight excluding hydrogens is 242 g/mol. The van der Waals surface area contributed by atoms with Crippen LogP contribution in [0.25, 0.3) is 0 Å². The van der Waals surface area contributed by atoms with Gasteiger partial charge in [0.15, 0.2) is 4.49 Å². The zero-order chi connectivity index (χ0) is 10.8. The highest BCUT2D eigenvalue weighted by atomic mass is 35.5. The van der Waals surface area contributed by atoms with Crippen molar-refractivity contribution in [2.24, 2.45) is 0 Å². The quantitative estimate of drug-likeness (QED) is 0.430. The van der Waals surface area contributed by atoms with Crippen LogP contribution in [0, 0.1) is 0 Å². The van der Waals surface area contributed by atoms with Crippen LogP contribution in [0.4, 0.5) is 0 Å². The zero-order valence-electron chi connectivity index (χ0n) is 8.49. The second-order valence-electron chi connectivity index (χ2n) is 3.15. The van der Waals surface area contributed by atoms with Crippen molar-refractivity contribution in [1.29, 1.82) is 0 Å². The first-order chi connectivity index (χ1) is 6.68. The van der Waals surface area contributed by atoms with Crippen LogP contribution in [0.1, 0.15) is 45.4 Å². The minimum atomic E-state index is -0.00218. The van der Waals surface area contributed by atoms with Crippen molar-refractivity contribution >= 4 is 34.8 Å². The minimum Gasteiger partial charge on any atom is -0.481 e. The summed E-state index contributed by atoms with van der Waals surface area (Å²) in [6.07, 6.45) is 7.32. The van der Waals surface area contributed by atoms with E-state index in [1.165, 1.54) is 32.1 Å². The van der Waals surface area contributed by atoms with Crippen molar-refractivity contribution in [1.82, 2.24) is 0 Å². The summed E-state index contributed by atoms with van der Waals surface area (Å²) in [5.74, 6) is 0. The maximum atomic E-state index is 5.57. The third-order valence-electron chi connectivity index (χ3n) is 1.88. The number of rotatable bonds is 8. The third kappa shape index (κ3) is 8.98. The van der Waals surface area contributed by atoms with Gasteiger partial charge in [-0.3, -0.25) is 0 Å². The number of ether oxygens (including phenoxy) is 1. The third-order valence-corrected chi connectivity index (χ3v) is 2.71. The van der Waals surface area contributed by atoms with Gasteiger partial charge in [0.25, 0.3) is 0 Å². The highest BCUT2D eigenvalue weighted by molar-refractivity contribution is 6.59. The van der Waals surface area contributed by atoms with Crippen LogP contribution < -0.4 is 0 Å². The first-order valence-electron chi connectivity index (χ1n) is 5.02. The van der Waals surface area contributed by atoms with Gasteiger partial charge in [-0.05, 0) is 18.0 Å². The molecule has 0 saturated heterocycles. The van der Waals surface area contributed by atoms with Crippen molar-refractivity contribution in [2.75, 3.05) is 6.61 Å². The fourth-order valence-corrected chi connectivity index (χ4v) is 1.28. The summed E-state index contributed by atoms with van der Waals surface area (Å²) in [7, 11) is 0. The molecule has 0 aromatic heterocycles. The SMILES string of the molecule is CCCCCCCCOC(Cl)=C(Cl)Cl. The lowest BCUT2D eigenvalue weighted by atomic mass is 10.1. The van der Waals surface area contributed by atoms with Gasteiger partial charge in [-0.1, -0.05) is 62.2 Å². The second kappa shape index (κ2) is 9.95. The van der Waals surface area contributed by atoms with Gasteiger partial charge in [0.1, 0.15) is 0 Å². The zero-order valence-corrected chi connectivity index (χ0v) is 10.8. The predicted molar refractivity (Wildman–Crippen MR) is 63.9 cm³/mol. The molecule has 0 saturated carbocycles. The molecule has 0 aliphatic rings. The van der Waals surface area contributed by atoms with Crippen LogP contribution in [0.15, 0.2) is 9.71 Å².